The normalized spacial score (nSPS) is 17.2. The summed E-state index contributed by atoms with van der Waals surface area (Å²) in [5.74, 6) is -0.525. The summed E-state index contributed by atoms with van der Waals surface area (Å²) in [6, 6.07) is 0. The topological polar surface area (TPSA) is 18.5 Å². The van der Waals surface area contributed by atoms with E-state index < -0.39 is 5.79 Å². The van der Waals surface area contributed by atoms with E-state index in [9.17, 15) is 0 Å². The minimum absolute atomic E-state index is 0.0331. The quantitative estimate of drug-likeness (QED) is 0.630. The molecule has 1 atom stereocenters. The Labute approximate surface area is 102 Å². The van der Waals surface area contributed by atoms with E-state index in [1.807, 2.05) is 0 Å². The van der Waals surface area contributed by atoms with Gasteiger partial charge in [0, 0.05) is 12.0 Å². The molecule has 0 heterocycles. The van der Waals surface area contributed by atoms with Gasteiger partial charge in [0.15, 0.2) is 5.79 Å². The maximum absolute atomic E-state index is 6.22. The molecule has 0 aromatic rings. The molecule has 16 heavy (non-hydrogen) atoms. The van der Waals surface area contributed by atoms with Crippen LogP contribution in [0.2, 0.25) is 0 Å². The van der Waals surface area contributed by atoms with Crippen LogP contribution in [0.5, 0.6) is 0 Å². The minimum Gasteiger partial charge on any atom is -0.350 e. The molecule has 0 aromatic carbocycles. The van der Waals surface area contributed by atoms with E-state index >= 15 is 0 Å². The summed E-state index contributed by atoms with van der Waals surface area (Å²) >= 11 is 0. The molecule has 0 aliphatic heterocycles. The van der Waals surface area contributed by atoms with E-state index in [1.165, 1.54) is 0 Å². The van der Waals surface area contributed by atoms with Gasteiger partial charge in [-0.1, -0.05) is 34.6 Å². The summed E-state index contributed by atoms with van der Waals surface area (Å²) in [6.45, 7) is 17.8. The zero-order valence-corrected chi connectivity index (χ0v) is 12.4. The van der Waals surface area contributed by atoms with Crippen molar-refractivity contribution in [2.75, 3.05) is 6.61 Å². The smallest absolute Gasteiger partial charge is 0.170 e. The first-order chi connectivity index (χ1) is 7.08. The lowest BCUT2D eigenvalue weighted by molar-refractivity contribution is -0.316. The van der Waals surface area contributed by atoms with E-state index in [-0.39, 0.29) is 11.0 Å². The molecule has 0 aliphatic rings. The van der Waals surface area contributed by atoms with Gasteiger partial charge in [-0.2, -0.15) is 0 Å². The second-order valence-electron chi connectivity index (χ2n) is 6.26. The molecule has 2 heteroatoms. The van der Waals surface area contributed by atoms with Crippen molar-refractivity contribution in [1.29, 1.82) is 0 Å². The monoisotopic (exact) mass is 230 g/mol. The predicted molar refractivity (Wildman–Crippen MR) is 69.6 cm³/mol. The van der Waals surface area contributed by atoms with Crippen LogP contribution in [0.3, 0.4) is 0 Å². The second kappa shape index (κ2) is 5.50. The highest BCUT2D eigenvalue weighted by Crippen LogP contribution is 2.38. The third-order valence-electron chi connectivity index (χ3n) is 3.27. The van der Waals surface area contributed by atoms with Gasteiger partial charge in [0.2, 0.25) is 0 Å². The summed E-state index contributed by atoms with van der Waals surface area (Å²) in [4.78, 5) is 0. The first-order valence-electron chi connectivity index (χ1n) is 6.42. The van der Waals surface area contributed by atoms with Gasteiger partial charge in [0.05, 0.1) is 5.60 Å². The first kappa shape index (κ1) is 15.9. The summed E-state index contributed by atoms with van der Waals surface area (Å²) in [5, 5.41) is 0. The average molecular weight is 230 g/mol. The maximum Gasteiger partial charge on any atom is 0.170 e. The van der Waals surface area contributed by atoms with Crippen LogP contribution in [-0.2, 0) is 9.47 Å². The molecule has 0 saturated heterocycles. The SMILES string of the molecule is CCCOC(C)(OC(C)(C)CC)C(C)(C)C. The van der Waals surface area contributed by atoms with Gasteiger partial charge in [0.25, 0.3) is 0 Å². The van der Waals surface area contributed by atoms with Crippen LogP contribution in [0, 0.1) is 5.41 Å². The van der Waals surface area contributed by atoms with Crippen molar-refractivity contribution in [3.63, 3.8) is 0 Å². The molecule has 98 valence electrons. The Morgan fingerprint density at radius 1 is 0.875 bits per heavy atom. The van der Waals surface area contributed by atoms with Gasteiger partial charge < -0.3 is 9.47 Å². The molecule has 0 fully saturated rings. The summed E-state index contributed by atoms with van der Waals surface area (Å²) in [7, 11) is 0. The highest BCUT2D eigenvalue weighted by Gasteiger charge is 2.43. The largest absolute Gasteiger partial charge is 0.350 e. The van der Waals surface area contributed by atoms with Gasteiger partial charge in [0.1, 0.15) is 0 Å². The highest BCUT2D eigenvalue weighted by atomic mass is 16.7. The third kappa shape index (κ3) is 4.42. The van der Waals surface area contributed by atoms with Crippen molar-refractivity contribution >= 4 is 0 Å². The molecule has 0 aromatic heterocycles. The van der Waals surface area contributed by atoms with Gasteiger partial charge in [-0.25, -0.2) is 0 Å². The minimum atomic E-state index is -0.525. The van der Waals surface area contributed by atoms with Crippen molar-refractivity contribution in [2.45, 2.75) is 79.6 Å². The van der Waals surface area contributed by atoms with Crippen molar-refractivity contribution in [2.24, 2.45) is 5.41 Å². The van der Waals surface area contributed by atoms with E-state index in [0.29, 0.717) is 0 Å². The van der Waals surface area contributed by atoms with Crippen LogP contribution in [0.1, 0.15) is 68.2 Å². The lowest BCUT2D eigenvalue weighted by Crippen LogP contribution is -2.50. The van der Waals surface area contributed by atoms with Crippen LogP contribution < -0.4 is 0 Å². The zero-order valence-electron chi connectivity index (χ0n) is 12.4. The highest BCUT2D eigenvalue weighted by molar-refractivity contribution is 4.83. The molecule has 0 spiro atoms. The molecule has 0 saturated carbocycles. The number of hydrogen-bond acceptors (Lipinski definition) is 2. The Kier molecular flexibility index (Phi) is 5.48. The van der Waals surface area contributed by atoms with Crippen LogP contribution >= 0.6 is 0 Å². The number of hydrogen-bond donors (Lipinski definition) is 0. The van der Waals surface area contributed by atoms with Crippen molar-refractivity contribution in [3.05, 3.63) is 0 Å². The number of rotatable bonds is 6. The van der Waals surface area contributed by atoms with E-state index in [2.05, 4.69) is 55.4 Å². The lowest BCUT2D eigenvalue weighted by atomic mass is 9.85. The zero-order chi connectivity index (χ0) is 13.0. The van der Waals surface area contributed by atoms with E-state index in [1.54, 1.807) is 0 Å². The molecule has 0 N–H and O–H groups in total. The number of ether oxygens (including phenoxy) is 2. The first-order valence-corrected chi connectivity index (χ1v) is 6.42. The van der Waals surface area contributed by atoms with Crippen LogP contribution in [0.15, 0.2) is 0 Å². The van der Waals surface area contributed by atoms with Gasteiger partial charge in [-0.3, -0.25) is 0 Å². The van der Waals surface area contributed by atoms with Crippen LogP contribution in [-0.4, -0.2) is 18.0 Å². The molecule has 1 unspecified atom stereocenters. The van der Waals surface area contributed by atoms with Gasteiger partial charge in [-0.05, 0) is 33.6 Å². The molecule has 2 nitrogen and oxygen atoms in total. The molecular weight excluding hydrogens is 200 g/mol. The van der Waals surface area contributed by atoms with Gasteiger partial charge in [-0.15, -0.1) is 0 Å². The fraction of sp³-hybridized carbons (Fsp3) is 1.00. The summed E-state index contributed by atoms with van der Waals surface area (Å²) in [6.07, 6.45) is 2.00. The fourth-order valence-corrected chi connectivity index (χ4v) is 1.30. The Balaban J connectivity index is 4.81. The molecule has 0 bridgehead atoms. The predicted octanol–water partition coefficient (Wildman–Crippen LogP) is 4.38. The molecule has 0 amide bonds. The summed E-state index contributed by atoms with van der Waals surface area (Å²) < 4.78 is 12.2. The Morgan fingerprint density at radius 2 is 1.38 bits per heavy atom. The Bertz CT molecular complexity index is 203. The molecular formula is C14H30O2. The van der Waals surface area contributed by atoms with Crippen molar-refractivity contribution in [1.82, 2.24) is 0 Å². The van der Waals surface area contributed by atoms with E-state index in [4.69, 9.17) is 9.47 Å². The summed E-state index contributed by atoms with van der Waals surface area (Å²) in [5.41, 5.74) is -0.176. The third-order valence-corrected chi connectivity index (χ3v) is 3.27. The van der Waals surface area contributed by atoms with Crippen LogP contribution in [0.25, 0.3) is 0 Å². The van der Waals surface area contributed by atoms with Gasteiger partial charge >= 0.3 is 0 Å². The van der Waals surface area contributed by atoms with Crippen molar-refractivity contribution < 1.29 is 9.47 Å². The fourth-order valence-electron chi connectivity index (χ4n) is 1.30. The maximum atomic E-state index is 6.22. The average Bonchev–Trinajstić information content (AvgIpc) is 2.12. The Hall–Kier alpha value is -0.0800. The lowest BCUT2D eigenvalue weighted by Gasteiger charge is -2.46. The van der Waals surface area contributed by atoms with Crippen LogP contribution in [0.4, 0.5) is 0 Å². The molecule has 0 aliphatic carbocycles. The molecule has 0 rings (SSSR count). The standard InChI is InChI=1S/C14H30O2/c1-9-11-15-14(8,12(3,4)5)16-13(6,7)10-2/h9-11H2,1-8H3. The van der Waals surface area contributed by atoms with E-state index in [0.717, 1.165) is 19.4 Å². The molecule has 0 radical (unpaired) electrons. The van der Waals surface area contributed by atoms with Crippen molar-refractivity contribution in [3.8, 4) is 0 Å². The Morgan fingerprint density at radius 3 is 1.69 bits per heavy atom. The second-order valence-corrected chi connectivity index (χ2v) is 6.26.